The van der Waals surface area contributed by atoms with Crippen LogP contribution >= 0.6 is 0 Å². The summed E-state index contributed by atoms with van der Waals surface area (Å²) in [5.74, 6) is 0. The fourth-order valence-corrected chi connectivity index (χ4v) is 2.11. The Balaban J connectivity index is 2.34. The molecule has 0 radical (unpaired) electrons. The van der Waals surface area contributed by atoms with E-state index in [1.54, 1.807) is 0 Å². The molecular weight excluding hydrogens is 184 g/mol. The molecule has 2 heteroatoms. The second kappa shape index (κ2) is 4.29. The molecular formula is C13H14N2. The van der Waals surface area contributed by atoms with Crippen molar-refractivity contribution in [3.63, 3.8) is 0 Å². The standard InChI is InChI=1S/C13H14N2/c14-8-2-3-10-6-7-12-11(9-10)4-1-5-13(12)15/h2-3,6-7,9,13H,1,4-5,15H2/b3-2+. The van der Waals surface area contributed by atoms with Gasteiger partial charge in [0.2, 0.25) is 0 Å². The van der Waals surface area contributed by atoms with Crippen LogP contribution in [0.3, 0.4) is 0 Å². The fraction of sp³-hybridized carbons (Fsp3) is 0.308. The number of aryl methyl sites for hydroxylation is 1. The SMILES string of the molecule is N#C/C=C/c1ccc2c(c1)CCCC2N. The van der Waals surface area contributed by atoms with Crippen LogP contribution in [-0.4, -0.2) is 0 Å². The third kappa shape index (κ3) is 2.08. The maximum absolute atomic E-state index is 8.45. The molecule has 0 fully saturated rings. The summed E-state index contributed by atoms with van der Waals surface area (Å²) in [7, 11) is 0. The van der Waals surface area contributed by atoms with E-state index in [-0.39, 0.29) is 6.04 Å². The van der Waals surface area contributed by atoms with Crippen LogP contribution in [0.5, 0.6) is 0 Å². The van der Waals surface area contributed by atoms with Crippen LogP contribution in [0.1, 0.15) is 35.6 Å². The Morgan fingerprint density at radius 2 is 2.33 bits per heavy atom. The summed E-state index contributed by atoms with van der Waals surface area (Å²) in [6, 6.07) is 8.46. The molecule has 1 unspecified atom stereocenters. The molecule has 0 heterocycles. The topological polar surface area (TPSA) is 49.8 Å². The Kier molecular flexibility index (Phi) is 2.84. The van der Waals surface area contributed by atoms with Crippen molar-refractivity contribution in [1.82, 2.24) is 0 Å². The Morgan fingerprint density at radius 1 is 1.47 bits per heavy atom. The van der Waals surface area contributed by atoms with E-state index >= 15 is 0 Å². The minimum Gasteiger partial charge on any atom is -0.324 e. The Bertz CT molecular complexity index is 427. The minimum absolute atomic E-state index is 0.197. The molecule has 0 amide bonds. The lowest BCUT2D eigenvalue weighted by Gasteiger charge is -2.22. The van der Waals surface area contributed by atoms with Gasteiger partial charge in [0.05, 0.1) is 6.07 Å². The maximum atomic E-state index is 8.45. The maximum Gasteiger partial charge on any atom is 0.0912 e. The summed E-state index contributed by atoms with van der Waals surface area (Å²) in [5, 5.41) is 8.45. The molecule has 0 saturated carbocycles. The van der Waals surface area contributed by atoms with Gasteiger partial charge < -0.3 is 5.73 Å². The zero-order chi connectivity index (χ0) is 10.7. The van der Waals surface area contributed by atoms with Crippen LogP contribution in [-0.2, 0) is 6.42 Å². The van der Waals surface area contributed by atoms with Gasteiger partial charge in [-0.25, -0.2) is 0 Å². The van der Waals surface area contributed by atoms with E-state index < -0.39 is 0 Å². The van der Waals surface area contributed by atoms with Gasteiger partial charge in [0.1, 0.15) is 0 Å². The van der Waals surface area contributed by atoms with Crippen LogP contribution in [0.15, 0.2) is 24.3 Å². The van der Waals surface area contributed by atoms with Crippen molar-refractivity contribution in [2.24, 2.45) is 5.73 Å². The Morgan fingerprint density at radius 3 is 3.13 bits per heavy atom. The van der Waals surface area contributed by atoms with Crippen LogP contribution in [0.2, 0.25) is 0 Å². The molecule has 0 aliphatic heterocycles. The summed E-state index contributed by atoms with van der Waals surface area (Å²) in [6.07, 6.45) is 6.70. The summed E-state index contributed by atoms with van der Waals surface area (Å²) in [4.78, 5) is 0. The molecule has 2 rings (SSSR count). The number of nitriles is 1. The predicted octanol–water partition coefficient (Wildman–Crippen LogP) is 2.56. The molecule has 1 aromatic rings. The molecule has 2 N–H and O–H groups in total. The van der Waals surface area contributed by atoms with Gasteiger partial charge in [-0.2, -0.15) is 5.26 Å². The van der Waals surface area contributed by atoms with E-state index in [0.717, 1.165) is 18.4 Å². The van der Waals surface area contributed by atoms with Gasteiger partial charge >= 0.3 is 0 Å². The van der Waals surface area contributed by atoms with Crippen LogP contribution in [0, 0.1) is 11.3 Å². The van der Waals surface area contributed by atoms with Gasteiger partial charge in [0, 0.05) is 12.1 Å². The highest BCUT2D eigenvalue weighted by atomic mass is 14.6. The average Bonchev–Trinajstić information content (AvgIpc) is 2.26. The molecule has 76 valence electrons. The number of nitrogens with zero attached hydrogens (tertiary/aromatic N) is 1. The molecule has 15 heavy (non-hydrogen) atoms. The van der Waals surface area contributed by atoms with Crippen molar-refractivity contribution in [3.8, 4) is 6.07 Å². The first-order chi connectivity index (χ1) is 7.31. The molecule has 1 atom stereocenters. The van der Waals surface area contributed by atoms with Crippen LogP contribution in [0.25, 0.3) is 6.08 Å². The van der Waals surface area contributed by atoms with E-state index in [0.29, 0.717) is 0 Å². The van der Waals surface area contributed by atoms with Crippen molar-refractivity contribution in [1.29, 1.82) is 5.26 Å². The van der Waals surface area contributed by atoms with Crippen molar-refractivity contribution in [2.45, 2.75) is 25.3 Å². The minimum atomic E-state index is 0.197. The number of allylic oxidation sites excluding steroid dienone is 1. The highest BCUT2D eigenvalue weighted by Crippen LogP contribution is 2.28. The molecule has 2 nitrogen and oxygen atoms in total. The lowest BCUT2D eigenvalue weighted by molar-refractivity contribution is 0.570. The summed E-state index contributed by atoms with van der Waals surface area (Å²) >= 11 is 0. The molecule has 0 bridgehead atoms. The fourth-order valence-electron chi connectivity index (χ4n) is 2.11. The van der Waals surface area contributed by atoms with Gasteiger partial charge in [0.15, 0.2) is 0 Å². The van der Waals surface area contributed by atoms with Gasteiger partial charge in [-0.05, 0) is 42.0 Å². The van der Waals surface area contributed by atoms with Gasteiger partial charge in [-0.15, -0.1) is 0 Å². The number of benzene rings is 1. The average molecular weight is 198 g/mol. The molecule has 1 aliphatic rings. The number of hydrogen-bond donors (Lipinski definition) is 1. The lowest BCUT2D eigenvalue weighted by atomic mass is 9.87. The first-order valence-corrected chi connectivity index (χ1v) is 5.26. The van der Waals surface area contributed by atoms with E-state index in [2.05, 4.69) is 12.1 Å². The number of hydrogen-bond acceptors (Lipinski definition) is 2. The zero-order valence-corrected chi connectivity index (χ0v) is 8.61. The highest BCUT2D eigenvalue weighted by Gasteiger charge is 2.15. The normalized spacial score (nSPS) is 19.9. The number of fused-ring (bicyclic) bond motifs is 1. The third-order valence-electron chi connectivity index (χ3n) is 2.88. The zero-order valence-electron chi connectivity index (χ0n) is 8.61. The Hall–Kier alpha value is -1.59. The molecule has 1 aromatic carbocycles. The molecule has 0 spiro atoms. The van der Waals surface area contributed by atoms with Gasteiger partial charge in [-0.1, -0.05) is 18.2 Å². The van der Waals surface area contributed by atoms with Gasteiger partial charge in [0.25, 0.3) is 0 Å². The van der Waals surface area contributed by atoms with E-state index in [1.165, 1.54) is 23.6 Å². The second-order valence-electron chi connectivity index (χ2n) is 3.92. The van der Waals surface area contributed by atoms with Crippen LogP contribution in [0.4, 0.5) is 0 Å². The smallest absolute Gasteiger partial charge is 0.0912 e. The molecule has 1 aliphatic carbocycles. The highest BCUT2D eigenvalue weighted by molar-refractivity contribution is 5.54. The predicted molar refractivity (Wildman–Crippen MR) is 61.0 cm³/mol. The third-order valence-corrected chi connectivity index (χ3v) is 2.88. The molecule has 0 aromatic heterocycles. The van der Waals surface area contributed by atoms with Gasteiger partial charge in [-0.3, -0.25) is 0 Å². The first-order valence-electron chi connectivity index (χ1n) is 5.26. The first kappa shape index (κ1) is 9.95. The number of nitrogens with two attached hydrogens (primary N) is 1. The molecule has 0 saturated heterocycles. The van der Waals surface area contributed by atoms with Crippen molar-refractivity contribution in [3.05, 3.63) is 41.0 Å². The van der Waals surface area contributed by atoms with Crippen LogP contribution < -0.4 is 5.73 Å². The summed E-state index contributed by atoms with van der Waals surface area (Å²) in [6.45, 7) is 0. The number of rotatable bonds is 1. The Labute approximate surface area is 90.0 Å². The van der Waals surface area contributed by atoms with E-state index in [9.17, 15) is 0 Å². The quantitative estimate of drug-likeness (QED) is 0.705. The second-order valence-corrected chi connectivity index (χ2v) is 3.92. The monoisotopic (exact) mass is 198 g/mol. The lowest BCUT2D eigenvalue weighted by Crippen LogP contribution is -2.17. The van der Waals surface area contributed by atoms with E-state index in [1.807, 2.05) is 18.2 Å². The van der Waals surface area contributed by atoms with Crippen molar-refractivity contribution in [2.75, 3.05) is 0 Å². The largest absolute Gasteiger partial charge is 0.324 e. The summed E-state index contributed by atoms with van der Waals surface area (Å²) in [5.41, 5.74) is 9.73. The summed E-state index contributed by atoms with van der Waals surface area (Å²) < 4.78 is 0. The van der Waals surface area contributed by atoms with E-state index in [4.69, 9.17) is 11.0 Å². The van der Waals surface area contributed by atoms with Crippen molar-refractivity contribution < 1.29 is 0 Å². The van der Waals surface area contributed by atoms with Crippen molar-refractivity contribution >= 4 is 6.08 Å².